The number of thioether (sulfide) groups is 1. The van der Waals surface area contributed by atoms with Gasteiger partial charge in [-0.3, -0.25) is 9.36 Å². The maximum atomic E-state index is 12.8. The van der Waals surface area contributed by atoms with Crippen LogP contribution in [0.3, 0.4) is 0 Å². The second-order valence-electron chi connectivity index (χ2n) is 7.31. The average molecular weight is 429 g/mol. The van der Waals surface area contributed by atoms with Crippen molar-refractivity contribution in [2.75, 3.05) is 5.32 Å². The summed E-state index contributed by atoms with van der Waals surface area (Å²) < 4.78 is 2.08. The van der Waals surface area contributed by atoms with Crippen molar-refractivity contribution < 1.29 is 4.79 Å². The summed E-state index contributed by atoms with van der Waals surface area (Å²) >= 11 is 1.42. The zero-order valence-electron chi connectivity index (χ0n) is 17.5. The predicted octanol–water partition coefficient (Wildman–Crippen LogP) is 5.42. The number of nitrogens with one attached hydrogen (secondary N) is 1. The molecule has 3 aromatic carbocycles. The van der Waals surface area contributed by atoms with Crippen molar-refractivity contribution in [2.45, 2.75) is 30.8 Å². The van der Waals surface area contributed by atoms with Gasteiger partial charge in [-0.15, -0.1) is 10.2 Å². The van der Waals surface area contributed by atoms with E-state index in [1.165, 1.54) is 11.8 Å². The number of aromatic nitrogens is 3. The number of rotatable bonds is 7. The molecule has 4 aromatic rings. The molecule has 1 amide bonds. The number of anilines is 1. The van der Waals surface area contributed by atoms with Crippen molar-refractivity contribution in [1.82, 2.24) is 14.8 Å². The Bertz CT molecular complexity index is 1160. The second-order valence-corrected chi connectivity index (χ2v) is 8.62. The van der Waals surface area contributed by atoms with E-state index in [0.717, 1.165) is 33.4 Å². The average Bonchev–Trinajstić information content (AvgIpc) is 3.18. The first-order valence-corrected chi connectivity index (χ1v) is 11.1. The van der Waals surface area contributed by atoms with Crippen LogP contribution in [0.1, 0.15) is 18.1 Å². The van der Waals surface area contributed by atoms with Crippen LogP contribution in [-0.2, 0) is 11.3 Å². The molecule has 4 rings (SSSR count). The van der Waals surface area contributed by atoms with Gasteiger partial charge in [0.1, 0.15) is 0 Å². The SMILES string of the molecule is Cc1ccccc1NC(=O)C(C)Sc1nnc(-c2ccccc2)n1Cc1ccccc1. The van der Waals surface area contributed by atoms with Crippen LogP contribution in [0, 0.1) is 6.92 Å². The number of amides is 1. The molecule has 0 aliphatic heterocycles. The van der Waals surface area contributed by atoms with Crippen LogP contribution in [-0.4, -0.2) is 25.9 Å². The van der Waals surface area contributed by atoms with E-state index in [1.54, 1.807) is 0 Å². The summed E-state index contributed by atoms with van der Waals surface area (Å²) in [6.07, 6.45) is 0. The molecule has 1 aromatic heterocycles. The Kier molecular flexibility index (Phi) is 6.48. The number of carbonyl (C=O) groups is 1. The molecule has 156 valence electrons. The van der Waals surface area contributed by atoms with Crippen molar-refractivity contribution in [3.05, 3.63) is 96.1 Å². The molecule has 0 fully saturated rings. The molecule has 0 spiro atoms. The van der Waals surface area contributed by atoms with Gasteiger partial charge in [0.2, 0.25) is 5.91 Å². The van der Waals surface area contributed by atoms with E-state index >= 15 is 0 Å². The number of hydrogen-bond donors (Lipinski definition) is 1. The van der Waals surface area contributed by atoms with Crippen LogP contribution in [0.25, 0.3) is 11.4 Å². The Labute approximate surface area is 186 Å². The van der Waals surface area contributed by atoms with Gasteiger partial charge >= 0.3 is 0 Å². The summed E-state index contributed by atoms with van der Waals surface area (Å²) in [6.45, 7) is 4.50. The Morgan fingerprint density at radius 2 is 1.58 bits per heavy atom. The van der Waals surface area contributed by atoms with E-state index in [9.17, 15) is 4.79 Å². The highest BCUT2D eigenvalue weighted by Gasteiger charge is 2.21. The third kappa shape index (κ3) is 5.03. The molecule has 1 N–H and O–H groups in total. The number of hydrogen-bond acceptors (Lipinski definition) is 4. The fourth-order valence-electron chi connectivity index (χ4n) is 3.24. The Morgan fingerprint density at radius 1 is 0.935 bits per heavy atom. The molecule has 0 saturated carbocycles. The summed E-state index contributed by atoms with van der Waals surface area (Å²) in [5.41, 5.74) is 4.01. The molecule has 1 heterocycles. The van der Waals surface area contributed by atoms with Gasteiger partial charge in [-0.2, -0.15) is 0 Å². The normalized spacial score (nSPS) is 11.8. The molecule has 1 unspecified atom stereocenters. The Hall–Kier alpha value is -3.38. The van der Waals surface area contributed by atoms with E-state index in [2.05, 4.69) is 32.2 Å². The molecule has 0 bridgehead atoms. The molecule has 6 heteroatoms. The highest BCUT2D eigenvalue weighted by Crippen LogP contribution is 2.28. The minimum Gasteiger partial charge on any atom is -0.325 e. The first kappa shape index (κ1) is 20.9. The molecule has 0 aliphatic rings. The lowest BCUT2D eigenvalue weighted by molar-refractivity contribution is -0.115. The molecule has 0 saturated heterocycles. The largest absolute Gasteiger partial charge is 0.325 e. The number of aryl methyl sites for hydroxylation is 1. The summed E-state index contributed by atoms with van der Waals surface area (Å²) in [5, 5.41) is 12.3. The monoisotopic (exact) mass is 428 g/mol. The maximum Gasteiger partial charge on any atom is 0.237 e. The number of carbonyl (C=O) groups excluding carboxylic acids is 1. The van der Waals surface area contributed by atoms with E-state index in [4.69, 9.17) is 0 Å². The fraction of sp³-hybridized carbons (Fsp3) is 0.160. The van der Waals surface area contributed by atoms with Gasteiger partial charge in [0.05, 0.1) is 11.8 Å². The molecule has 5 nitrogen and oxygen atoms in total. The standard InChI is InChI=1S/C25H24N4OS/c1-18-11-9-10-16-22(18)26-24(30)19(2)31-25-28-27-23(21-14-7-4-8-15-21)29(25)17-20-12-5-3-6-13-20/h3-16,19H,17H2,1-2H3,(H,26,30). The van der Waals surface area contributed by atoms with Gasteiger partial charge < -0.3 is 5.32 Å². The van der Waals surface area contributed by atoms with Crippen molar-refractivity contribution >= 4 is 23.4 Å². The van der Waals surface area contributed by atoms with Crippen LogP contribution in [0.15, 0.2) is 90.1 Å². The molecule has 0 aliphatic carbocycles. The summed E-state index contributed by atoms with van der Waals surface area (Å²) in [6, 6.07) is 28.0. The Morgan fingerprint density at radius 3 is 2.29 bits per heavy atom. The van der Waals surface area contributed by atoms with Crippen LogP contribution in [0.4, 0.5) is 5.69 Å². The third-order valence-corrected chi connectivity index (χ3v) is 6.07. The van der Waals surface area contributed by atoms with Crippen LogP contribution < -0.4 is 5.32 Å². The van der Waals surface area contributed by atoms with Crippen molar-refractivity contribution in [3.63, 3.8) is 0 Å². The van der Waals surface area contributed by atoms with Gasteiger partial charge in [-0.1, -0.05) is 90.6 Å². The molecular formula is C25H24N4OS. The maximum absolute atomic E-state index is 12.8. The lowest BCUT2D eigenvalue weighted by Crippen LogP contribution is -2.23. The van der Waals surface area contributed by atoms with Crippen LogP contribution in [0.5, 0.6) is 0 Å². The lowest BCUT2D eigenvalue weighted by atomic mass is 10.2. The topological polar surface area (TPSA) is 59.8 Å². The molecule has 31 heavy (non-hydrogen) atoms. The highest BCUT2D eigenvalue weighted by atomic mass is 32.2. The van der Waals surface area contributed by atoms with Crippen molar-refractivity contribution in [2.24, 2.45) is 0 Å². The van der Waals surface area contributed by atoms with E-state index in [0.29, 0.717) is 6.54 Å². The van der Waals surface area contributed by atoms with Gasteiger partial charge in [0, 0.05) is 11.3 Å². The fourth-order valence-corrected chi connectivity index (χ4v) is 4.09. The van der Waals surface area contributed by atoms with Crippen LogP contribution in [0.2, 0.25) is 0 Å². The smallest absolute Gasteiger partial charge is 0.237 e. The van der Waals surface area contributed by atoms with Gasteiger partial charge in [0.25, 0.3) is 0 Å². The number of nitrogens with zero attached hydrogens (tertiary/aromatic N) is 3. The van der Waals surface area contributed by atoms with Crippen LogP contribution >= 0.6 is 11.8 Å². The van der Waals surface area contributed by atoms with Gasteiger partial charge in [-0.25, -0.2) is 0 Å². The zero-order valence-corrected chi connectivity index (χ0v) is 18.3. The quantitative estimate of drug-likeness (QED) is 0.399. The minimum atomic E-state index is -0.332. The van der Waals surface area contributed by atoms with E-state index in [-0.39, 0.29) is 11.2 Å². The highest BCUT2D eigenvalue weighted by molar-refractivity contribution is 8.00. The Balaban J connectivity index is 1.59. The summed E-state index contributed by atoms with van der Waals surface area (Å²) in [4.78, 5) is 12.8. The lowest BCUT2D eigenvalue weighted by Gasteiger charge is -2.15. The number of para-hydroxylation sites is 1. The molecule has 1 atom stereocenters. The zero-order chi connectivity index (χ0) is 21.6. The first-order chi connectivity index (χ1) is 15.1. The second kappa shape index (κ2) is 9.62. The van der Waals surface area contributed by atoms with E-state index in [1.807, 2.05) is 86.6 Å². The summed E-state index contributed by atoms with van der Waals surface area (Å²) in [5.74, 6) is 0.730. The summed E-state index contributed by atoms with van der Waals surface area (Å²) in [7, 11) is 0. The molecule has 0 radical (unpaired) electrons. The van der Waals surface area contributed by atoms with Gasteiger partial charge in [-0.05, 0) is 31.0 Å². The molecular weight excluding hydrogens is 404 g/mol. The van der Waals surface area contributed by atoms with Gasteiger partial charge in [0.15, 0.2) is 11.0 Å². The number of benzene rings is 3. The minimum absolute atomic E-state index is 0.0603. The first-order valence-electron chi connectivity index (χ1n) is 10.2. The van der Waals surface area contributed by atoms with Crippen molar-refractivity contribution in [3.8, 4) is 11.4 Å². The van der Waals surface area contributed by atoms with Crippen molar-refractivity contribution in [1.29, 1.82) is 0 Å². The predicted molar refractivity (Wildman–Crippen MR) is 126 cm³/mol. The third-order valence-electron chi connectivity index (χ3n) is 4.99. The van der Waals surface area contributed by atoms with E-state index < -0.39 is 0 Å².